The molecule has 0 spiro atoms. The Morgan fingerprint density at radius 2 is 2.16 bits per heavy atom. The van der Waals surface area contributed by atoms with E-state index in [1.807, 2.05) is 12.1 Å². The maximum Gasteiger partial charge on any atom is 0.279 e. The highest BCUT2D eigenvalue weighted by Gasteiger charge is 2.33. The summed E-state index contributed by atoms with van der Waals surface area (Å²) in [6.07, 6.45) is -0.381. The van der Waals surface area contributed by atoms with Crippen LogP contribution in [0.1, 0.15) is 12.0 Å². The fourth-order valence-electron chi connectivity index (χ4n) is 2.66. The number of piperidine rings is 1. The van der Waals surface area contributed by atoms with Crippen LogP contribution in [0.15, 0.2) is 24.3 Å². The topological polar surface area (TPSA) is 99.2 Å². The molecule has 140 valence electrons. The minimum absolute atomic E-state index is 0.101. The van der Waals surface area contributed by atoms with Gasteiger partial charge in [0.1, 0.15) is 5.75 Å². The lowest BCUT2D eigenvalue weighted by atomic mass is 10.0. The van der Waals surface area contributed by atoms with Crippen molar-refractivity contribution in [2.45, 2.75) is 25.0 Å². The summed E-state index contributed by atoms with van der Waals surface area (Å²) in [5.74, 6) is 0.573. The van der Waals surface area contributed by atoms with Crippen LogP contribution >= 0.6 is 0 Å². The van der Waals surface area contributed by atoms with E-state index in [2.05, 4.69) is 4.72 Å². The molecule has 1 amide bonds. The third-order valence-electron chi connectivity index (χ3n) is 4.21. The average molecular weight is 371 g/mol. The zero-order valence-electron chi connectivity index (χ0n) is 14.7. The van der Waals surface area contributed by atoms with E-state index in [4.69, 9.17) is 4.74 Å². The molecule has 1 aromatic carbocycles. The molecule has 1 aliphatic rings. The molecule has 1 aromatic rings. The van der Waals surface area contributed by atoms with Crippen molar-refractivity contribution < 1.29 is 23.1 Å². The molecule has 0 aliphatic carbocycles. The van der Waals surface area contributed by atoms with E-state index in [-0.39, 0.29) is 18.9 Å². The first kappa shape index (κ1) is 19.6. The number of carbonyl (C=O) groups excluding carboxylic acids is 1. The lowest BCUT2D eigenvalue weighted by Gasteiger charge is -2.36. The number of nitrogens with zero attached hydrogens (tertiary/aromatic N) is 2. The van der Waals surface area contributed by atoms with Gasteiger partial charge in [-0.15, -0.1) is 0 Å². The number of methoxy groups -OCH3 is 1. The first-order chi connectivity index (χ1) is 11.7. The second-order valence-electron chi connectivity index (χ2n) is 6.24. The highest BCUT2D eigenvalue weighted by molar-refractivity contribution is 7.87. The third kappa shape index (κ3) is 5.15. The van der Waals surface area contributed by atoms with Gasteiger partial charge in [-0.1, -0.05) is 12.1 Å². The summed E-state index contributed by atoms with van der Waals surface area (Å²) >= 11 is 0. The van der Waals surface area contributed by atoms with Crippen LogP contribution in [0.2, 0.25) is 0 Å². The first-order valence-electron chi connectivity index (χ1n) is 8.01. The molecule has 0 radical (unpaired) electrons. The van der Waals surface area contributed by atoms with E-state index in [0.29, 0.717) is 18.7 Å². The van der Waals surface area contributed by atoms with Crippen molar-refractivity contribution in [3.05, 3.63) is 29.8 Å². The van der Waals surface area contributed by atoms with Crippen LogP contribution < -0.4 is 9.46 Å². The molecule has 2 rings (SSSR count). The Bertz CT molecular complexity index is 707. The molecule has 2 atom stereocenters. The van der Waals surface area contributed by atoms with Crippen LogP contribution in [0.4, 0.5) is 0 Å². The van der Waals surface area contributed by atoms with Gasteiger partial charge in [-0.05, 0) is 24.1 Å². The van der Waals surface area contributed by atoms with Gasteiger partial charge in [0.05, 0.1) is 25.7 Å². The van der Waals surface area contributed by atoms with Gasteiger partial charge < -0.3 is 14.7 Å². The molecule has 0 unspecified atom stereocenters. The molecule has 25 heavy (non-hydrogen) atoms. The molecule has 0 aromatic heterocycles. The van der Waals surface area contributed by atoms with E-state index in [9.17, 15) is 18.3 Å². The second kappa shape index (κ2) is 8.13. The van der Waals surface area contributed by atoms with Crippen molar-refractivity contribution in [3.63, 3.8) is 0 Å². The van der Waals surface area contributed by atoms with Crippen molar-refractivity contribution in [1.82, 2.24) is 13.9 Å². The summed E-state index contributed by atoms with van der Waals surface area (Å²) < 4.78 is 32.4. The second-order valence-corrected chi connectivity index (χ2v) is 8.15. The van der Waals surface area contributed by atoms with Crippen LogP contribution in [-0.2, 0) is 21.4 Å². The normalized spacial score (nSPS) is 21.4. The van der Waals surface area contributed by atoms with Crippen LogP contribution in [-0.4, -0.2) is 75.1 Å². The van der Waals surface area contributed by atoms with Crippen LogP contribution in [0.5, 0.6) is 5.75 Å². The predicted octanol–water partition coefficient (Wildman–Crippen LogP) is -0.404. The molecule has 9 heteroatoms. The number of amides is 1. The Morgan fingerprint density at radius 3 is 2.76 bits per heavy atom. The van der Waals surface area contributed by atoms with E-state index in [1.54, 1.807) is 24.1 Å². The van der Waals surface area contributed by atoms with Gasteiger partial charge in [-0.2, -0.15) is 17.4 Å². The van der Waals surface area contributed by atoms with E-state index in [1.165, 1.54) is 14.1 Å². The lowest BCUT2D eigenvalue weighted by molar-refractivity contribution is -0.134. The van der Waals surface area contributed by atoms with Gasteiger partial charge in [0.25, 0.3) is 10.2 Å². The summed E-state index contributed by atoms with van der Waals surface area (Å²) in [4.78, 5) is 14.0. The predicted molar refractivity (Wildman–Crippen MR) is 93.4 cm³/mol. The Kier molecular flexibility index (Phi) is 6.39. The van der Waals surface area contributed by atoms with Crippen LogP contribution in [0.25, 0.3) is 0 Å². The van der Waals surface area contributed by atoms with Crippen molar-refractivity contribution in [2.75, 3.05) is 34.3 Å². The van der Waals surface area contributed by atoms with E-state index < -0.39 is 22.4 Å². The number of β-amino-alcohol motifs (C(OH)–C–C–N with tert-alkyl or cyclic N) is 1. The fraction of sp³-hybridized carbons (Fsp3) is 0.562. The van der Waals surface area contributed by atoms with E-state index in [0.717, 1.165) is 9.87 Å². The fourth-order valence-corrected chi connectivity index (χ4v) is 3.53. The number of hydrogen-bond donors (Lipinski definition) is 2. The molecule has 2 N–H and O–H groups in total. The smallest absolute Gasteiger partial charge is 0.279 e. The Labute approximate surface area is 148 Å². The highest BCUT2D eigenvalue weighted by Crippen LogP contribution is 2.17. The van der Waals surface area contributed by atoms with Gasteiger partial charge >= 0.3 is 0 Å². The summed E-state index contributed by atoms with van der Waals surface area (Å²) in [6, 6.07) is 6.66. The maximum absolute atomic E-state index is 12.4. The number of ether oxygens (including phenoxy) is 1. The Morgan fingerprint density at radius 1 is 1.44 bits per heavy atom. The molecule has 1 aliphatic heterocycles. The van der Waals surface area contributed by atoms with Crippen molar-refractivity contribution in [1.29, 1.82) is 0 Å². The van der Waals surface area contributed by atoms with Gasteiger partial charge in [0.2, 0.25) is 5.91 Å². The molecule has 1 fully saturated rings. The minimum atomic E-state index is -3.62. The van der Waals surface area contributed by atoms with Gasteiger partial charge in [-0.3, -0.25) is 4.79 Å². The number of hydrogen-bond acceptors (Lipinski definition) is 5. The van der Waals surface area contributed by atoms with Crippen molar-refractivity contribution in [2.24, 2.45) is 0 Å². The molecule has 0 saturated carbocycles. The largest absolute Gasteiger partial charge is 0.497 e. The molecule has 1 heterocycles. The summed E-state index contributed by atoms with van der Waals surface area (Å²) in [5, 5.41) is 10.2. The maximum atomic E-state index is 12.4. The Hall–Kier alpha value is -1.68. The number of likely N-dealkylation sites (tertiary alicyclic amines) is 1. The van der Waals surface area contributed by atoms with Crippen LogP contribution in [0.3, 0.4) is 0 Å². The molecule has 1 saturated heterocycles. The first-order valence-corrected chi connectivity index (χ1v) is 9.45. The summed E-state index contributed by atoms with van der Waals surface area (Å²) in [7, 11) is 0.784. The standard InChI is InChI=1S/C16H25N3O5S/c1-18(2)25(22,23)17-14-7-8-19(11-15(14)20)16(21)10-12-5-4-6-13(9-12)24-3/h4-6,9,14-15,17,20H,7-8,10-11H2,1-3H3/t14-,15-/m1/s1. The zero-order valence-corrected chi connectivity index (χ0v) is 15.5. The average Bonchev–Trinajstić information content (AvgIpc) is 2.56. The van der Waals surface area contributed by atoms with Crippen molar-refractivity contribution >= 4 is 16.1 Å². The molecular weight excluding hydrogens is 346 g/mol. The molecule has 8 nitrogen and oxygen atoms in total. The number of aliphatic hydroxyl groups excluding tert-OH is 1. The SMILES string of the molecule is COc1cccc(CC(=O)N2CC[C@@H](NS(=O)(=O)N(C)C)[C@H](O)C2)c1. The molecular formula is C16H25N3O5S. The molecule has 0 bridgehead atoms. The van der Waals surface area contributed by atoms with Gasteiger partial charge in [0.15, 0.2) is 0 Å². The summed E-state index contributed by atoms with van der Waals surface area (Å²) in [6.45, 7) is 0.490. The summed E-state index contributed by atoms with van der Waals surface area (Å²) in [5.41, 5.74) is 0.828. The van der Waals surface area contributed by atoms with E-state index >= 15 is 0 Å². The minimum Gasteiger partial charge on any atom is -0.497 e. The number of aliphatic hydroxyl groups is 1. The number of carbonyl (C=O) groups is 1. The van der Waals surface area contributed by atoms with Gasteiger partial charge in [-0.25, -0.2) is 0 Å². The third-order valence-corrected chi connectivity index (χ3v) is 5.77. The number of rotatable bonds is 6. The zero-order chi connectivity index (χ0) is 18.6. The lowest BCUT2D eigenvalue weighted by Crippen LogP contribution is -2.56. The monoisotopic (exact) mass is 371 g/mol. The quantitative estimate of drug-likeness (QED) is 0.709. The van der Waals surface area contributed by atoms with Crippen LogP contribution in [0, 0.1) is 0 Å². The number of benzene rings is 1. The number of nitrogens with one attached hydrogen (secondary N) is 1. The highest BCUT2D eigenvalue weighted by atomic mass is 32.2. The Balaban J connectivity index is 1.94. The van der Waals surface area contributed by atoms with Gasteiger partial charge in [0, 0.05) is 27.2 Å². The van der Waals surface area contributed by atoms with Crippen molar-refractivity contribution in [3.8, 4) is 5.75 Å².